The summed E-state index contributed by atoms with van der Waals surface area (Å²) in [5.41, 5.74) is 4.34. The zero-order valence-corrected chi connectivity index (χ0v) is 15.6. The van der Waals surface area contributed by atoms with Crippen LogP contribution >= 0.6 is 0 Å². The molecule has 0 spiro atoms. The number of para-hydroxylation sites is 2. The van der Waals surface area contributed by atoms with Gasteiger partial charge in [-0.2, -0.15) is 0 Å². The monoisotopic (exact) mass is 347 g/mol. The number of rotatable bonds is 4. The Morgan fingerprint density at radius 1 is 1.15 bits per heavy atom. The van der Waals surface area contributed by atoms with Crippen molar-refractivity contribution in [2.24, 2.45) is 5.92 Å². The van der Waals surface area contributed by atoms with Gasteiger partial charge in [-0.25, -0.2) is 4.98 Å². The number of aromatic nitrogens is 2. The minimum Gasteiger partial charge on any atom is -0.327 e. The van der Waals surface area contributed by atoms with E-state index in [0.29, 0.717) is 18.9 Å². The van der Waals surface area contributed by atoms with Crippen molar-refractivity contribution >= 4 is 22.6 Å². The van der Waals surface area contributed by atoms with Gasteiger partial charge in [-0.15, -0.1) is 0 Å². The van der Waals surface area contributed by atoms with Crippen LogP contribution in [0, 0.1) is 12.8 Å². The van der Waals surface area contributed by atoms with Crippen molar-refractivity contribution in [3.8, 4) is 0 Å². The van der Waals surface area contributed by atoms with Crippen LogP contribution in [-0.2, 0) is 11.3 Å². The zero-order valence-electron chi connectivity index (χ0n) is 15.6. The highest BCUT2D eigenvalue weighted by Gasteiger charge is 2.34. The third-order valence-electron chi connectivity index (χ3n) is 5.04. The van der Waals surface area contributed by atoms with Gasteiger partial charge in [0.2, 0.25) is 5.91 Å². The normalized spacial score (nSPS) is 17.6. The van der Waals surface area contributed by atoms with Crippen molar-refractivity contribution in [3.63, 3.8) is 0 Å². The van der Waals surface area contributed by atoms with Crippen LogP contribution in [0.1, 0.15) is 37.6 Å². The number of nitrogens with zero attached hydrogens (tertiary/aromatic N) is 3. The molecule has 2 heterocycles. The topological polar surface area (TPSA) is 38.1 Å². The number of amides is 1. The fraction of sp³-hybridized carbons (Fsp3) is 0.364. The van der Waals surface area contributed by atoms with Crippen LogP contribution < -0.4 is 4.90 Å². The van der Waals surface area contributed by atoms with Gasteiger partial charge in [0.15, 0.2) is 0 Å². The molecule has 134 valence electrons. The quantitative estimate of drug-likeness (QED) is 0.696. The molecule has 1 amide bonds. The summed E-state index contributed by atoms with van der Waals surface area (Å²) < 4.78 is 2.32. The summed E-state index contributed by atoms with van der Waals surface area (Å²) in [6.07, 6.45) is 0.523. The first-order valence-corrected chi connectivity index (χ1v) is 9.35. The first-order chi connectivity index (χ1) is 12.5. The number of carbonyl (C=O) groups excluding carboxylic acids is 1. The Bertz CT molecular complexity index is 957. The van der Waals surface area contributed by atoms with E-state index < -0.39 is 0 Å². The van der Waals surface area contributed by atoms with E-state index in [1.807, 2.05) is 23.1 Å². The molecule has 1 saturated heterocycles. The molecule has 4 nitrogen and oxygen atoms in total. The van der Waals surface area contributed by atoms with Gasteiger partial charge in [-0.3, -0.25) is 4.79 Å². The molecular formula is C22H25N3O. The fourth-order valence-electron chi connectivity index (χ4n) is 3.89. The van der Waals surface area contributed by atoms with Crippen molar-refractivity contribution in [2.75, 3.05) is 11.4 Å². The molecule has 0 aliphatic carbocycles. The summed E-state index contributed by atoms with van der Waals surface area (Å²) in [6.45, 7) is 8.12. The Labute approximate surface area is 154 Å². The van der Waals surface area contributed by atoms with Crippen LogP contribution in [0.3, 0.4) is 0 Å². The van der Waals surface area contributed by atoms with Crippen LogP contribution in [-0.4, -0.2) is 22.0 Å². The number of carbonyl (C=O) groups is 1. The van der Waals surface area contributed by atoms with E-state index >= 15 is 0 Å². The number of hydrogen-bond acceptors (Lipinski definition) is 2. The lowest BCUT2D eigenvalue weighted by atomic mass is 10.1. The van der Waals surface area contributed by atoms with Crippen LogP contribution in [0.4, 0.5) is 5.69 Å². The minimum absolute atomic E-state index is 0.133. The molecule has 0 saturated carbocycles. The number of aryl methyl sites for hydroxylation is 1. The summed E-state index contributed by atoms with van der Waals surface area (Å²) in [4.78, 5) is 19.5. The van der Waals surface area contributed by atoms with Crippen LogP contribution in [0.15, 0.2) is 48.5 Å². The molecule has 1 atom stereocenters. The molecule has 1 aliphatic rings. The van der Waals surface area contributed by atoms with Gasteiger partial charge < -0.3 is 9.47 Å². The summed E-state index contributed by atoms with van der Waals surface area (Å²) in [7, 11) is 0. The number of benzene rings is 2. The summed E-state index contributed by atoms with van der Waals surface area (Å²) in [5.74, 6) is 1.89. The first-order valence-electron chi connectivity index (χ1n) is 9.35. The smallest absolute Gasteiger partial charge is 0.227 e. The van der Waals surface area contributed by atoms with E-state index in [1.54, 1.807) is 0 Å². The third-order valence-corrected chi connectivity index (χ3v) is 5.04. The Morgan fingerprint density at radius 2 is 1.96 bits per heavy atom. The maximum absolute atomic E-state index is 12.7. The maximum atomic E-state index is 12.7. The first kappa shape index (κ1) is 16.8. The van der Waals surface area contributed by atoms with Crippen LogP contribution in [0.2, 0.25) is 0 Å². The van der Waals surface area contributed by atoms with Crippen LogP contribution in [0.25, 0.3) is 11.0 Å². The molecule has 26 heavy (non-hydrogen) atoms. The maximum Gasteiger partial charge on any atom is 0.227 e. The van der Waals surface area contributed by atoms with E-state index in [1.165, 1.54) is 5.56 Å². The largest absolute Gasteiger partial charge is 0.327 e. The van der Waals surface area contributed by atoms with Crippen LogP contribution in [0.5, 0.6) is 0 Å². The lowest BCUT2D eigenvalue weighted by Crippen LogP contribution is -2.24. The highest BCUT2D eigenvalue weighted by molar-refractivity contribution is 5.96. The van der Waals surface area contributed by atoms with E-state index in [4.69, 9.17) is 4.98 Å². The molecule has 0 radical (unpaired) electrons. The van der Waals surface area contributed by atoms with Crippen molar-refractivity contribution in [1.82, 2.24) is 9.55 Å². The Morgan fingerprint density at radius 3 is 2.73 bits per heavy atom. The lowest BCUT2D eigenvalue weighted by molar-refractivity contribution is -0.117. The molecule has 3 aromatic rings. The average molecular weight is 347 g/mol. The minimum atomic E-state index is 0.133. The summed E-state index contributed by atoms with van der Waals surface area (Å²) >= 11 is 0. The van der Waals surface area contributed by atoms with Gasteiger partial charge in [-0.1, -0.05) is 38.1 Å². The average Bonchev–Trinajstić information content (AvgIpc) is 3.16. The van der Waals surface area contributed by atoms with Crippen molar-refractivity contribution < 1.29 is 4.79 Å². The molecule has 2 aromatic carbocycles. The van der Waals surface area contributed by atoms with E-state index in [9.17, 15) is 4.79 Å². The van der Waals surface area contributed by atoms with E-state index in [2.05, 4.69) is 55.7 Å². The molecule has 0 unspecified atom stereocenters. The zero-order chi connectivity index (χ0) is 18.3. The second-order valence-corrected chi connectivity index (χ2v) is 7.71. The Hall–Kier alpha value is -2.62. The fourth-order valence-corrected chi connectivity index (χ4v) is 3.89. The third kappa shape index (κ3) is 3.00. The number of hydrogen-bond donors (Lipinski definition) is 0. The Kier molecular flexibility index (Phi) is 4.27. The predicted octanol–water partition coefficient (Wildman–Crippen LogP) is 4.52. The molecule has 0 N–H and O–H groups in total. The van der Waals surface area contributed by atoms with E-state index in [-0.39, 0.29) is 11.8 Å². The molecule has 4 heteroatoms. The molecule has 4 rings (SSSR count). The molecule has 1 aliphatic heterocycles. The second kappa shape index (κ2) is 6.60. The summed E-state index contributed by atoms with van der Waals surface area (Å²) in [6, 6.07) is 16.4. The van der Waals surface area contributed by atoms with E-state index in [0.717, 1.165) is 29.1 Å². The molecule has 1 fully saturated rings. The number of fused-ring (bicyclic) bond motifs is 1. The molecule has 1 aromatic heterocycles. The number of anilines is 1. The van der Waals surface area contributed by atoms with Gasteiger partial charge in [0.05, 0.1) is 11.0 Å². The second-order valence-electron chi connectivity index (χ2n) is 7.71. The lowest BCUT2D eigenvalue weighted by Gasteiger charge is -2.18. The van der Waals surface area contributed by atoms with Gasteiger partial charge >= 0.3 is 0 Å². The van der Waals surface area contributed by atoms with Gasteiger partial charge in [-0.05, 0) is 42.7 Å². The van der Waals surface area contributed by atoms with Crippen molar-refractivity contribution in [3.05, 3.63) is 59.9 Å². The summed E-state index contributed by atoms with van der Waals surface area (Å²) in [5, 5.41) is 0. The predicted molar refractivity (Wildman–Crippen MR) is 105 cm³/mol. The van der Waals surface area contributed by atoms with Gasteiger partial charge in [0.1, 0.15) is 5.82 Å². The highest BCUT2D eigenvalue weighted by Crippen LogP contribution is 2.33. The van der Waals surface area contributed by atoms with Gasteiger partial charge in [0, 0.05) is 31.1 Å². The molecular weight excluding hydrogens is 322 g/mol. The SMILES string of the molecule is Cc1cccc(N2C[C@@H](c3nc4ccccc4n3CC(C)C)CC2=O)c1. The van der Waals surface area contributed by atoms with Crippen molar-refractivity contribution in [1.29, 1.82) is 0 Å². The standard InChI is InChI=1S/C22H25N3O/c1-15(2)13-25-20-10-5-4-9-19(20)23-22(25)17-12-21(26)24(14-17)18-8-6-7-16(3)11-18/h4-11,15,17H,12-14H2,1-3H3/t17-/m0/s1. The van der Waals surface area contributed by atoms with Crippen molar-refractivity contribution in [2.45, 2.75) is 39.7 Å². The highest BCUT2D eigenvalue weighted by atomic mass is 16.2. The van der Waals surface area contributed by atoms with Gasteiger partial charge in [0.25, 0.3) is 0 Å². The molecule has 0 bridgehead atoms. The number of imidazole rings is 1. The Balaban J connectivity index is 1.71.